The monoisotopic (exact) mass is 220 g/mol. The van der Waals surface area contributed by atoms with Gasteiger partial charge in [-0.1, -0.05) is 0 Å². The van der Waals surface area contributed by atoms with Gasteiger partial charge in [0.1, 0.15) is 5.52 Å². The maximum atomic E-state index is 5.89. The standard InChI is InChI=1S/C11H16N4O/c1-7-4-9-10(13-5-7)15(11(12)14-9)8(2)6-16-3/h4-5,8H,6H2,1-3H3,(H2,12,14). The summed E-state index contributed by atoms with van der Waals surface area (Å²) in [6, 6.07) is 2.11. The molecule has 5 nitrogen and oxygen atoms in total. The zero-order valence-corrected chi connectivity index (χ0v) is 9.77. The van der Waals surface area contributed by atoms with E-state index in [-0.39, 0.29) is 6.04 Å². The van der Waals surface area contributed by atoms with E-state index in [0.717, 1.165) is 16.7 Å². The quantitative estimate of drug-likeness (QED) is 0.851. The van der Waals surface area contributed by atoms with Crippen LogP contribution in [-0.2, 0) is 4.74 Å². The fraction of sp³-hybridized carbons (Fsp3) is 0.455. The van der Waals surface area contributed by atoms with E-state index in [2.05, 4.69) is 9.97 Å². The molecule has 0 aliphatic carbocycles. The Morgan fingerprint density at radius 2 is 2.31 bits per heavy atom. The third-order valence-electron chi connectivity index (χ3n) is 2.54. The van der Waals surface area contributed by atoms with Crippen LogP contribution in [0.5, 0.6) is 0 Å². The summed E-state index contributed by atoms with van der Waals surface area (Å²) in [5.74, 6) is 0.484. The highest BCUT2D eigenvalue weighted by molar-refractivity contribution is 5.74. The number of rotatable bonds is 3. The van der Waals surface area contributed by atoms with Crippen molar-refractivity contribution in [3.63, 3.8) is 0 Å². The van der Waals surface area contributed by atoms with Crippen molar-refractivity contribution in [1.82, 2.24) is 14.5 Å². The van der Waals surface area contributed by atoms with Crippen molar-refractivity contribution in [3.05, 3.63) is 17.8 Å². The second kappa shape index (κ2) is 4.09. The summed E-state index contributed by atoms with van der Waals surface area (Å²) >= 11 is 0. The molecular weight excluding hydrogens is 204 g/mol. The summed E-state index contributed by atoms with van der Waals surface area (Å²) in [4.78, 5) is 8.67. The fourth-order valence-electron chi connectivity index (χ4n) is 1.85. The Labute approximate surface area is 94.2 Å². The molecule has 86 valence electrons. The average Bonchev–Trinajstić information content (AvgIpc) is 2.53. The molecule has 5 heteroatoms. The van der Waals surface area contributed by atoms with E-state index in [9.17, 15) is 0 Å². The lowest BCUT2D eigenvalue weighted by Crippen LogP contribution is -2.14. The van der Waals surface area contributed by atoms with Crippen LogP contribution < -0.4 is 5.73 Å². The van der Waals surface area contributed by atoms with Crippen LogP contribution in [-0.4, -0.2) is 28.3 Å². The first kappa shape index (κ1) is 10.9. The Hall–Kier alpha value is -1.62. The number of aromatic nitrogens is 3. The maximum Gasteiger partial charge on any atom is 0.202 e. The Kier molecular flexibility index (Phi) is 2.78. The van der Waals surface area contributed by atoms with Crippen molar-refractivity contribution in [2.75, 3.05) is 19.5 Å². The lowest BCUT2D eigenvalue weighted by atomic mass is 10.3. The molecule has 2 aromatic heterocycles. The first-order chi connectivity index (χ1) is 7.63. The van der Waals surface area contributed by atoms with Crippen LogP contribution in [0.15, 0.2) is 12.3 Å². The second-order valence-corrected chi connectivity index (χ2v) is 4.00. The second-order valence-electron chi connectivity index (χ2n) is 4.00. The van der Waals surface area contributed by atoms with Crippen LogP contribution in [0.3, 0.4) is 0 Å². The topological polar surface area (TPSA) is 66.0 Å². The van der Waals surface area contributed by atoms with E-state index in [1.54, 1.807) is 7.11 Å². The number of methoxy groups -OCH3 is 1. The van der Waals surface area contributed by atoms with E-state index in [1.807, 2.05) is 30.7 Å². The van der Waals surface area contributed by atoms with Crippen LogP contribution >= 0.6 is 0 Å². The van der Waals surface area contributed by atoms with Crippen molar-refractivity contribution in [2.45, 2.75) is 19.9 Å². The summed E-state index contributed by atoms with van der Waals surface area (Å²) in [6.07, 6.45) is 1.82. The zero-order chi connectivity index (χ0) is 11.7. The summed E-state index contributed by atoms with van der Waals surface area (Å²) in [5, 5.41) is 0. The highest BCUT2D eigenvalue weighted by atomic mass is 16.5. The molecule has 0 bridgehead atoms. The van der Waals surface area contributed by atoms with Crippen molar-refractivity contribution < 1.29 is 4.74 Å². The number of aryl methyl sites for hydroxylation is 1. The fourth-order valence-corrected chi connectivity index (χ4v) is 1.85. The predicted octanol–water partition coefficient (Wildman–Crippen LogP) is 1.53. The van der Waals surface area contributed by atoms with E-state index in [4.69, 9.17) is 10.5 Å². The van der Waals surface area contributed by atoms with Gasteiger partial charge in [-0.2, -0.15) is 0 Å². The number of nitrogen functional groups attached to an aromatic ring is 1. The van der Waals surface area contributed by atoms with Crippen LogP contribution in [0.1, 0.15) is 18.5 Å². The smallest absolute Gasteiger partial charge is 0.202 e. The number of pyridine rings is 1. The van der Waals surface area contributed by atoms with Crippen LogP contribution in [0.25, 0.3) is 11.2 Å². The third-order valence-corrected chi connectivity index (χ3v) is 2.54. The number of nitrogens with zero attached hydrogens (tertiary/aromatic N) is 3. The molecule has 0 aliphatic rings. The van der Waals surface area contributed by atoms with Crippen LogP contribution in [0, 0.1) is 6.92 Å². The van der Waals surface area contributed by atoms with Crippen molar-refractivity contribution in [1.29, 1.82) is 0 Å². The Balaban J connectivity index is 2.55. The molecule has 0 saturated carbocycles. The molecule has 0 aromatic carbocycles. The Bertz CT molecular complexity index is 506. The molecule has 0 radical (unpaired) electrons. The molecule has 16 heavy (non-hydrogen) atoms. The summed E-state index contributed by atoms with van der Waals surface area (Å²) in [5.41, 5.74) is 8.62. The van der Waals surface area contributed by atoms with Gasteiger partial charge in [0.15, 0.2) is 5.65 Å². The first-order valence-corrected chi connectivity index (χ1v) is 5.22. The normalized spacial score (nSPS) is 13.2. The Morgan fingerprint density at radius 1 is 1.56 bits per heavy atom. The molecule has 2 heterocycles. The lowest BCUT2D eigenvalue weighted by molar-refractivity contribution is 0.164. The van der Waals surface area contributed by atoms with Gasteiger partial charge >= 0.3 is 0 Å². The van der Waals surface area contributed by atoms with Crippen molar-refractivity contribution in [2.24, 2.45) is 0 Å². The van der Waals surface area contributed by atoms with Gasteiger partial charge < -0.3 is 10.5 Å². The highest BCUT2D eigenvalue weighted by Gasteiger charge is 2.14. The van der Waals surface area contributed by atoms with Gasteiger partial charge in [-0.05, 0) is 25.5 Å². The van der Waals surface area contributed by atoms with Gasteiger partial charge in [-0.25, -0.2) is 9.97 Å². The van der Waals surface area contributed by atoms with Gasteiger partial charge in [-0.15, -0.1) is 0 Å². The zero-order valence-electron chi connectivity index (χ0n) is 9.77. The molecule has 0 spiro atoms. The van der Waals surface area contributed by atoms with Crippen LogP contribution in [0.2, 0.25) is 0 Å². The molecule has 2 N–H and O–H groups in total. The first-order valence-electron chi connectivity index (χ1n) is 5.22. The van der Waals surface area contributed by atoms with E-state index in [0.29, 0.717) is 12.6 Å². The van der Waals surface area contributed by atoms with Gasteiger partial charge in [0.2, 0.25) is 5.95 Å². The molecule has 0 amide bonds. The van der Waals surface area contributed by atoms with E-state index in [1.165, 1.54) is 0 Å². The molecule has 0 fully saturated rings. The van der Waals surface area contributed by atoms with Crippen LogP contribution in [0.4, 0.5) is 5.95 Å². The number of anilines is 1. The SMILES string of the molecule is COCC(C)n1c(N)nc2cc(C)cnc21. The van der Waals surface area contributed by atoms with Gasteiger partial charge in [0.05, 0.1) is 12.6 Å². The molecule has 2 rings (SSSR count). The third kappa shape index (κ3) is 1.74. The maximum absolute atomic E-state index is 5.89. The molecule has 1 unspecified atom stereocenters. The number of hydrogen-bond acceptors (Lipinski definition) is 4. The van der Waals surface area contributed by atoms with Crippen molar-refractivity contribution in [3.8, 4) is 0 Å². The summed E-state index contributed by atoms with van der Waals surface area (Å²) in [7, 11) is 1.67. The summed E-state index contributed by atoms with van der Waals surface area (Å²) in [6.45, 7) is 4.61. The average molecular weight is 220 g/mol. The molecule has 0 saturated heterocycles. The predicted molar refractivity (Wildman–Crippen MR) is 63.3 cm³/mol. The number of ether oxygens (including phenoxy) is 1. The minimum atomic E-state index is 0.130. The number of fused-ring (bicyclic) bond motifs is 1. The summed E-state index contributed by atoms with van der Waals surface area (Å²) < 4.78 is 7.02. The highest BCUT2D eigenvalue weighted by Crippen LogP contribution is 2.21. The van der Waals surface area contributed by atoms with Gasteiger partial charge in [-0.3, -0.25) is 4.57 Å². The molecule has 1 atom stereocenters. The number of imidazole rings is 1. The number of hydrogen-bond donors (Lipinski definition) is 1. The van der Waals surface area contributed by atoms with E-state index >= 15 is 0 Å². The van der Waals surface area contributed by atoms with Crippen molar-refractivity contribution >= 4 is 17.1 Å². The minimum Gasteiger partial charge on any atom is -0.383 e. The number of nitrogens with two attached hydrogens (primary N) is 1. The Morgan fingerprint density at radius 3 is 3.00 bits per heavy atom. The van der Waals surface area contributed by atoms with Gasteiger partial charge in [0.25, 0.3) is 0 Å². The minimum absolute atomic E-state index is 0.130. The largest absolute Gasteiger partial charge is 0.383 e. The molecule has 0 aliphatic heterocycles. The van der Waals surface area contributed by atoms with Gasteiger partial charge in [0, 0.05) is 13.3 Å². The van der Waals surface area contributed by atoms with E-state index < -0.39 is 0 Å². The molecule has 2 aromatic rings. The molecular formula is C11H16N4O. The lowest BCUT2D eigenvalue weighted by Gasteiger charge is -2.13.